The molecule has 0 saturated heterocycles. The lowest BCUT2D eigenvalue weighted by atomic mass is 9.92. The van der Waals surface area contributed by atoms with Crippen LogP contribution in [-0.4, -0.2) is 30.3 Å². The van der Waals surface area contributed by atoms with Crippen molar-refractivity contribution in [3.05, 3.63) is 30.1 Å². The number of pyridine rings is 1. The molecule has 0 bridgehead atoms. The Morgan fingerprint density at radius 3 is 3.00 bits per heavy atom. The Morgan fingerprint density at radius 1 is 1.42 bits per heavy atom. The van der Waals surface area contributed by atoms with Gasteiger partial charge in [0, 0.05) is 13.3 Å². The number of aromatic nitrogens is 1. The molecule has 0 unspecified atom stereocenters. The molecule has 0 aromatic carbocycles. The number of hydrogen-bond donors (Lipinski definition) is 2. The summed E-state index contributed by atoms with van der Waals surface area (Å²) in [4.78, 5) is 16.0. The Labute approximate surface area is 113 Å². The maximum atomic E-state index is 11.8. The molecule has 2 rings (SSSR count). The maximum Gasteiger partial charge on any atom is 0.315 e. The molecule has 5 heteroatoms. The Hall–Kier alpha value is -1.62. The fraction of sp³-hybridized carbons (Fsp3) is 0.571. The molecule has 0 aliphatic heterocycles. The van der Waals surface area contributed by atoms with Crippen LogP contribution >= 0.6 is 0 Å². The van der Waals surface area contributed by atoms with Crippen molar-refractivity contribution >= 4 is 6.03 Å². The van der Waals surface area contributed by atoms with Crippen LogP contribution in [0.3, 0.4) is 0 Å². The summed E-state index contributed by atoms with van der Waals surface area (Å²) in [5.41, 5.74) is 0.851. The number of carbonyl (C=O) groups excluding carboxylic acids is 1. The van der Waals surface area contributed by atoms with E-state index < -0.39 is 0 Å². The summed E-state index contributed by atoms with van der Waals surface area (Å²) in [6, 6.07) is 5.61. The highest BCUT2D eigenvalue weighted by atomic mass is 16.5. The van der Waals surface area contributed by atoms with E-state index in [4.69, 9.17) is 4.74 Å². The van der Waals surface area contributed by atoms with E-state index in [1.165, 1.54) is 6.42 Å². The number of urea groups is 1. The molecule has 1 aromatic heterocycles. The topological polar surface area (TPSA) is 63.2 Å². The quantitative estimate of drug-likeness (QED) is 0.871. The second-order valence-electron chi connectivity index (χ2n) is 4.81. The summed E-state index contributed by atoms with van der Waals surface area (Å²) >= 11 is 0. The highest BCUT2D eigenvalue weighted by molar-refractivity contribution is 5.74. The summed E-state index contributed by atoms with van der Waals surface area (Å²) in [6.07, 6.45) is 6.17. The zero-order valence-electron chi connectivity index (χ0n) is 11.3. The van der Waals surface area contributed by atoms with Gasteiger partial charge in [-0.05, 0) is 25.0 Å². The smallest absolute Gasteiger partial charge is 0.315 e. The van der Waals surface area contributed by atoms with E-state index in [0.29, 0.717) is 6.54 Å². The molecule has 5 nitrogen and oxygen atoms in total. The summed E-state index contributed by atoms with van der Waals surface area (Å²) in [6.45, 7) is 0.442. The maximum absolute atomic E-state index is 11.8. The largest absolute Gasteiger partial charge is 0.379 e. The molecule has 2 N–H and O–H groups in total. The molecule has 1 aliphatic rings. The van der Waals surface area contributed by atoms with Crippen molar-refractivity contribution in [3.63, 3.8) is 0 Å². The van der Waals surface area contributed by atoms with E-state index in [1.54, 1.807) is 13.3 Å². The van der Waals surface area contributed by atoms with Crippen molar-refractivity contribution in [2.75, 3.05) is 7.11 Å². The van der Waals surface area contributed by atoms with Crippen molar-refractivity contribution < 1.29 is 9.53 Å². The van der Waals surface area contributed by atoms with Crippen LogP contribution in [0.1, 0.15) is 31.4 Å². The van der Waals surface area contributed by atoms with Gasteiger partial charge in [-0.25, -0.2) is 4.79 Å². The zero-order chi connectivity index (χ0) is 13.5. The monoisotopic (exact) mass is 263 g/mol. The number of carbonyl (C=O) groups is 1. The number of ether oxygens (including phenoxy) is 1. The van der Waals surface area contributed by atoms with E-state index in [2.05, 4.69) is 15.6 Å². The molecule has 1 fully saturated rings. The predicted molar refractivity (Wildman–Crippen MR) is 72.7 cm³/mol. The highest BCUT2D eigenvalue weighted by Gasteiger charge is 2.26. The van der Waals surface area contributed by atoms with Crippen LogP contribution in [0.5, 0.6) is 0 Å². The molecule has 104 valence electrons. The third-order valence-electron chi connectivity index (χ3n) is 3.48. The van der Waals surface area contributed by atoms with Gasteiger partial charge in [-0.15, -0.1) is 0 Å². The fourth-order valence-electron chi connectivity index (χ4n) is 2.44. The first-order chi connectivity index (χ1) is 9.29. The Bertz CT molecular complexity index is 397. The van der Waals surface area contributed by atoms with Crippen molar-refractivity contribution in [2.45, 2.75) is 44.4 Å². The van der Waals surface area contributed by atoms with Gasteiger partial charge in [-0.3, -0.25) is 4.98 Å². The summed E-state index contributed by atoms with van der Waals surface area (Å²) in [5.74, 6) is 0. The van der Waals surface area contributed by atoms with Crippen LogP contribution < -0.4 is 10.6 Å². The first-order valence-electron chi connectivity index (χ1n) is 6.76. The van der Waals surface area contributed by atoms with Gasteiger partial charge in [0.1, 0.15) is 0 Å². The van der Waals surface area contributed by atoms with Gasteiger partial charge in [-0.1, -0.05) is 18.9 Å². The molecular weight excluding hydrogens is 242 g/mol. The van der Waals surface area contributed by atoms with Gasteiger partial charge in [0.15, 0.2) is 0 Å². The lowest BCUT2D eigenvalue weighted by Gasteiger charge is -2.30. The normalized spacial score (nSPS) is 22.8. The van der Waals surface area contributed by atoms with Crippen LogP contribution in [-0.2, 0) is 11.3 Å². The molecule has 1 aromatic rings. The molecular formula is C14H21N3O2. The Morgan fingerprint density at radius 2 is 2.26 bits per heavy atom. The van der Waals surface area contributed by atoms with Gasteiger partial charge < -0.3 is 15.4 Å². The van der Waals surface area contributed by atoms with Crippen molar-refractivity contribution in [2.24, 2.45) is 0 Å². The molecule has 1 saturated carbocycles. The number of amides is 2. The molecule has 0 radical (unpaired) electrons. The minimum Gasteiger partial charge on any atom is -0.379 e. The summed E-state index contributed by atoms with van der Waals surface area (Å²) < 4.78 is 5.41. The third-order valence-corrected chi connectivity index (χ3v) is 3.48. The highest BCUT2D eigenvalue weighted by Crippen LogP contribution is 2.20. The van der Waals surface area contributed by atoms with Crippen LogP contribution in [0.15, 0.2) is 24.4 Å². The molecule has 19 heavy (non-hydrogen) atoms. The number of methoxy groups -OCH3 is 1. The van der Waals surface area contributed by atoms with Gasteiger partial charge in [0.2, 0.25) is 0 Å². The molecule has 1 heterocycles. The van der Waals surface area contributed by atoms with E-state index in [-0.39, 0.29) is 18.2 Å². The fourth-order valence-corrected chi connectivity index (χ4v) is 2.44. The number of nitrogens with one attached hydrogen (secondary N) is 2. The average Bonchev–Trinajstić information content (AvgIpc) is 2.47. The Balaban J connectivity index is 1.77. The SMILES string of the molecule is CO[C@H]1CCCC[C@@H]1NC(=O)NCc1ccccn1. The summed E-state index contributed by atoms with van der Waals surface area (Å²) in [7, 11) is 1.70. The minimum atomic E-state index is -0.153. The van der Waals surface area contributed by atoms with Crippen LogP contribution in [0.4, 0.5) is 4.79 Å². The number of nitrogens with zero attached hydrogens (tertiary/aromatic N) is 1. The first-order valence-corrected chi connectivity index (χ1v) is 6.76. The second-order valence-corrected chi connectivity index (χ2v) is 4.81. The van der Waals surface area contributed by atoms with E-state index in [1.807, 2.05) is 18.2 Å². The van der Waals surface area contributed by atoms with Gasteiger partial charge in [0.25, 0.3) is 0 Å². The van der Waals surface area contributed by atoms with Gasteiger partial charge >= 0.3 is 6.03 Å². The van der Waals surface area contributed by atoms with E-state index >= 15 is 0 Å². The standard InChI is InChI=1S/C14H21N3O2/c1-19-13-8-3-2-7-12(13)17-14(18)16-10-11-6-4-5-9-15-11/h4-6,9,12-13H,2-3,7-8,10H2,1H3,(H2,16,17,18)/t12-,13-/m0/s1. The number of rotatable bonds is 4. The zero-order valence-corrected chi connectivity index (χ0v) is 11.3. The first kappa shape index (κ1) is 13.8. The van der Waals surface area contributed by atoms with Crippen molar-refractivity contribution in [1.82, 2.24) is 15.6 Å². The molecule has 2 atom stereocenters. The van der Waals surface area contributed by atoms with Crippen LogP contribution in [0.25, 0.3) is 0 Å². The molecule has 2 amide bonds. The van der Waals surface area contributed by atoms with Crippen molar-refractivity contribution in [3.8, 4) is 0 Å². The molecule has 1 aliphatic carbocycles. The van der Waals surface area contributed by atoms with Crippen molar-refractivity contribution in [1.29, 1.82) is 0 Å². The van der Waals surface area contributed by atoms with Gasteiger partial charge in [0.05, 0.1) is 24.4 Å². The van der Waals surface area contributed by atoms with Crippen LogP contribution in [0, 0.1) is 0 Å². The second kappa shape index (κ2) is 7.09. The third kappa shape index (κ3) is 4.21. The van der Waals surface area contributed by atoms with Gasteiger partial charge in [-0.2, -0.15) is 0 Å². The average molecular weight is 263 g/mol. The van der Waals surface area contributed by atoms with E-state index in [0.717, 1.165) is 25.0 Å². The summed E-state index contributed by atoms with van der Waals surface area (Å²) in [5, 5.41) is 5.81. The Kier molecular flexibility index (Phi) is 5.15. The number of hydrogen-bond acceptors (Lipinski definition) is 3. The van der Waals surface area contributed by atoms with Crippen LogP contribution in [0.2, 0.25) is 0 Å². The predicted octanol–water partition coefficient (Wildman–Crippen LogP) is 1.84. The molecule has 0 spiro atoms. The lowest BCUT2D eigenvalue weighted by Crippen LogP contribution is -2.49. The lowest BCUT2D eigenvalue weighted by molar-refractivity contribution is 0.0452. The van der Waals surface area contributed by atoms with E-state index in [9.17, 15) is 4.79 Å². The minimum absolute atomic E-state index is 0.113.